The normalized spacial score (nSPS) is 17.6. The van der Waals surface area contributed by atoms with Crippen LogP contribution in [0, 0.1) is 0 Å². The topological polar surface area (TPSA) is 122 Å². The fourth-order valence-electron chi connectivity index (χ4n) is 4.80. The summed E-state index contributed by atoms with van der Waals surface area (Å²) in [4.78, 5) is 50.6. The number of nitrogens with zero attached hydrogens (tertiary/aromatic N) is 1. The molecule has 2 unspecified atom stereocenters. The van der Waals surface area contributed by atoms with E-state index in [-0.39, 0.29) is 30.2 Å². The van der Waals surface area contributed by atoms with Gasteiger partial charge in [0.15, 0.2) is 0 Å². The molecule has 8 nitrogen and oxygen atoms in total. The van der Waals surface area contributed by atoms with Crippen molar-refractivity contribution in [3.8, 4) is 0 Å². The molecule has 8 heteroatoms. The van der Waals surface area contributed by atoms with E-state index in [9.17, 15) is 19.2 Å². The number of nitrogens with one attached hydrogen (secondary N) is 2. The van der Waals surface area contributed by atoms with Gasteiger partial charge < -0.3 is 26.1 Å². The van der Waals surface area contributed by atoms with Crippen LogP contribution in [0.15, 0.2) is 12.1 Å². The maximum atomic E-state index is 13.3. The fraction of sp³-hybridized carbons (Fsp3) is 0.583. The molecule has 0 spiro atoms. The third-order valence-electron chi connectivity index (χ3n) is 6.44. The first-order valence-electron chi connectivity index (χ1n) is 11.6. The van der Waals surface area contributed by atoms with Crippen LogP contribution >= 0.6 is 0 Å². The maximum Gasteiger partial charge on any atom is 0.255 e. The van der Waals surface area contributed by atoms with Crippen molar-refractivity contribution in [3.05, 3.63) is 34.4 Å². The van der Waals surface area contributed by atoms with Gasteiger partial charge in [0.25, 0.3) is 5.91 Å². The molecular formula is C24H34N4O4. The van der Waals surface area contributed by atoms with Gasteiger partial charge >= 0.3 is 0 Å². The molecule has 4 N–H and O–H groups in total. The number of benzene rings is 1. The quantitative estimate of drug-likeness (QED) is 0.336. The van der Waals surface area contributed by atoms with Crippen molar-refractivity contribution in [2.45, 2.75) is 76.4 Å². The molecule has 1 aliphatic carbocycles. The molecular weight excluding hydrogens is 408 g/mol. The predicted octanol–water partition coefficient (Wildman–Crippen LogP) is 1.75. The Kier molecular flexibility index (Phi) is 8.39. The van der Waals surface area contributed by atoms with E-state index in [0.717, 1.165) is 61.5 Å². The second kappa shape index (κ2) is 11.2. The molecule has 0 radical (unpaired) electrons. The lowest BCUT2D eigenvalue weighted by molar-refractivity contribution is -0.122. The van der Waals surface area contributed by atoms with Gasteiger partial charge in [-0.05, 0) is 67.8 Å². The van der Waals surface area contributed by atoms with Crippen molar-refractivity contribution >= 4 is 24.0 Å². The third-order valence-corrected chi connectivity index (χ3v) is 6.44. The average Bonchev–Trinajstić information content (AvgIpc) is 3.08. The van der Waals surface area contributed by atoms with Crippen LogP contribution < -0.4 is 16.4 Å². The van der Waals surface area contributed by atoms with Gasteiger partial charge in [-0.25, -0.2) is 0 Å². The van der Waals surface area contributed by atoms with Crippen molar-refractivity contribution in [2.24, 2.45) is 5.73 Å². The first-order valence-corrected chi connectivity index (χ1v) is 11.6. The summed E-state index contributed by atoms with van der Waals surface area (Å²) >= 11 is 0. The number of aldehydes is 1. The summed E-state index contributed by atoms with van der Waals surface area (Å²) in [6, 6.07) is 3.19. The molecule has 1 heterocycles. The van der Waals surface area contributed by atoms with Crippen molar-refractivity contribution in [1.82, 2.24) is 15.5 Å². The van der Waals surface area contributed by atoms with E-state index < -0.39 is 6.04 Å². The Morgan fingerprint density at radius 2 is 2.03 bits per heavy atom. The molecule has 174 valence electrons. The Hall–Kier alpha value is -2.74. The van der Waals surface area contributed by atoms with Gasteiger partial charge in [0, 0.05) is 32.0 Å². The van der Waals surface area contributed by atoms with Crippen LogP contribution in [0.1, 0.15) is 84.5 Å². The Balaban J connectivity index is 1.72. The van der Waals surface area contributed by atoms with Crippen LogP contribution in [0.2, 0.25) is 0 Å². The van der Waals surface area contributed by atoms with Crippen LogP contribution in [-0.4, -0.2) is 48.5 Å². The highest BCUT2D eigenvalue weighted by Crippen LogP contribution is 2.44. The maximum absolute atomic E-state index is 13.3. The molecule has 2 aliphatic rings. The van der Waals surface area contributed by atoms with E-state index >= 15 is 0 Å². The number of rotatable bonds is 12. The SMILES string of the molecule is CNC(=O)CCC(C=O)N1C(=O)c2cc(CNC(=O)CCCCCN)cc3c2C1CCC3. The van der Waals surface area contributed by atoms with Crippen LogP contribution in [0.3, 0.4) is 0 Å². The molecule has 0 saturated heterocycles. The summed E-state index contributed by atoms with van der Waals surface area (Å²) < 4.78 is 0. The van der Waals surface area contributed by atoms with Gasteiger partial charge in [-0.2, -0.15) is 0 Å². The zero-order valence-electron chi connectivity index (χ0n) is 18.8. The standard InChI is InChI=1S/C24H34N4O4/c1-26-21(30)10-9-18(15-29)28-20-7-5-6-17-12-16(13-19(23(17)20)24(28)32)14-27-22(31)8-3-2-4-11-25/h12-13,15,18,20H,2-11,14,25H2,1H3,(H,26,30)(H,27,31). The second-order valence-electron chi connectivity index (χ2n) is 8.63. The van der Waals surface area contributed by atoms with Gasteiger partial charge in [-0.15, -0.1) is 0 Å². The monoisotopic (exact) mass is 442 g/mol. The van der Waals surface area contributed by atoms with Crippen LogP contribution in [-0.2, 0) is 27.3 Å². The highest BCUT2D eigenvalue weighted by Gasteiger charge is 2.43. The summed E-state index contributed by atoms with van der Waals surface area (Å²) in [5, 5.41) is 5.51. The van der Waals surface area contributed by atoms with E-state index in [4.69, 9.17) is 5.73 Å². The lowest BCUT2D eigenvalue weighted by Gasteiger charge is -2.33. The predicted molar refractivity (Wildman–Crippen MR) is 121 cm³/mol. The Labute approximate surface area is 189 Å². The van der Waals surface area contributed by atoms with Crippen molar-refractivity contribution in [3.63, 3.8) is 0 Å². The summed E-state index contributed by atoms with van der Waals surface area (Å²) in [5.74, 6) is -0.305. The zero-order chi connectivity index (χ0) is 23.1. The fourth-order valence-corrected chi connectivity index (χ4v) is 4.80. The number of unbranched alkanes of at least 4 members (excludes halogenated alkanes) is 2. The zero-order valence-corrected chi connectivity index (χ0v) is 18.8. The molecule has 3 rings (SSSR count). The molecule has 0 bridgehead atoms. The molecule has 0 aromatic heterocycles. The smallest absolute Gasteiger partial charge is 0.255 e. The number of nitrogens with two attached hydrogens (primary N) is 1. The minimum absolute atomic E-state index is 0.00258. The molecule has 0 saturated carbocycles. The van der Waals surface area contributed by atoms with Gasteiger partial charge in [-0.3, -0.25) is 14.4 Å². The molecule has 2 atom stereocenters. The van der Waals surface area contributed by atoms with E-state index in [1.807, 2.05) is 6.07 Å². The van der Waals surface area contributed by atoms with E-state index in [2.05, 4.69) is 16.7 Å². The Bertz CT molecular complexity index is 870. The minimum Gasteiger partial charge on any atom is -0.359 e. The highest BCUT2D eigenvalue weighted by molar-refractivity contribution is 6.01. The molecule has 1 aromatic rings. The van der Waals surface area contributed by atoms with Gasteiger partial charge in [0.1, 0.15) is 6.29 Å². The molecule has 1 aliphatic heterocycles. The van der Waals surface area contributed by atoms with Crippen LogP contribution in [0.5, 0.6) is 0 Å². The third kappa shape index (κ3) is 5.35. The Morgan fingerprint density at radius 1 is 1.22 bits per heavy atom. The average molecular weight is 443 g/mol. The summed E-state index contributed by atoms with van der Waals surface area (Å²) in [5.41, 5.74) is 9.16. The summed E-state index contributed by atoms with van der Waals surface area (Å²) in [7, 11) is 1.56. The number of hydrogen-bond donors (Lipinski definition) is 3. The number of hydrogen-bond acceptors (Lipinski definition) is 5. The van der Waals surface area contributed by atoms with E-state index in [0.29, 0.717) is 31.5 Å². The van der Waals surface area contributed by atoms with Gasteiger partial charge in [0.05, 0.1) is 12.1 Å². The largest absolute Gasteiger partial charge is 0.359 e. The van der Waals surface area contributed by atoms with E-state index in [1.54, 1.807) is 11.9 Å². The van der Waals surface area contributed by atoms with Crippen molar-refractivity contribution in [1.29, 1.82) is 0 Å². The van der Waals surface area contributed by atoms with E-state index in [1.165, 1.54) is 0 Å². The number of aryl methyl sites for hydroxylation is 1. The Morgan fingerprint density at radius 3 is 2.75 bits per heavy atom. The molecule has 32 heavy (non-hydrogen) atoms. The molecule has 1 aromatic carbocycles. The van der Waals surface area contributed by atoms with Crippen LogP contribution in [0.25, 0.3) is 0 Å². The number of carbonyl (C=O) groups excluding carboxylic acids is 4. The number of amides is 3. The lowest BCUT2D eigenvalue weighted by atomic mass is 9.85. The van der Waals surface area contributed by atoms with Gasteiger partial charge in [0.2, 0.25) is 11.8 Å². The van der Waals surface area contributed by atoms with Crippen LogP contribution in [0.4, 0.5) is 0 Å². The second-order valence-corrected chi connectivity index (χ2v) is 8.63. The number of carbonyl (C=O) groups is 4. The highest BCUT2D eigenvalue weighted by atomic mass is 16.2. The summed E-state index contributed by atoms with van der Waals surface area (Å²) in [6.07, 6.45) is 7.06. The van der Waals surface area contributed by atoms with Crippen molar-refractivity contribution < 1.29 is 19.2 Å². The summed E-state index contributed by atoms with van der Waals surface area (Å²) in [6.45, 7) is 1.02. The first kappa shape index (κ1) is 23.9. The van der Waals surface area contributed by atoms with Gasteiger partial charge in [-0.1, -0.05) is 12.5 Å². The lowest BCUT2D eigenvalue weighted by Crippen LogP contribution is -2.40. The molecule has 0 fully saturated rings. The molecule has 3 amide bonds. The minimum atomic E-state index is -0.625. The van der Waals surface area contributed by atoms with Crippen molar-refractivity contribution in [2.75, 3.05) is 13.6 Å². The first-order chi connectivity index (χ1) is 15.5.